The minimum absolute atomic E-state index is 0.0306. The van der Waals surface area contributed by atoms with Crippen LogP contribution in [0.15, 0.2) is 24.3 Å². The zero-order chi connectivity index (χ0) is 15.4. The van der Waals surface area contributed by atoms with Crippen molar-refractivity contribution in [2.24, 2.45) is 0 Å². The second-order valence-electron chi connectivity index (χ2n) is 5.58. The molecule has 1 fully saturated rings. The molecule has 0 aromatic heterocycles. The third-order valence-corrected chi connectivity index (χ3v) is 3.69. The van der Waals surface area contributed by atoms with Gasteiger partial charge in [0.1, 0.15) is 11.8 Å². The Bertz CT molecular complexity index is 472. The first-order chi connectivity index (χ1) is 9.99. The van der Waals surface area contributed by atoms with E-state index in [-0.39, 0.29) is 18.8 Å². The first-order valence-electron chi connectivity index (χ1n) is 7.32. The van der Waals surface area contributed by atoms with Crippen LogP contribution in [0.25, 0.3) is 0 Å². The van der Waals surface area contributed by atoms with E-state index in [0.29, 0.717) is 13.2 Å². The van der Waals surface area contributed by atoms with Crippen molar-refractivity contribution in [3.05, 3.63) is 29.8 Å². The number of carboxylic acids is 1. The van der Waals surface area contributed by atoms with Crippen LogP contribution in [-0.2, 0) is 9.53 Å². The van der Waals surface area contributed by atoms with E-state index in [1.807, 2.05) is 49.9 Å². The normalized spacial score (nSPS) is 21.2. The summed E-state index contributed by atoms with van der Waals surface area (Å²) < 4.78 is 10.9. The maximum Gasteiger partial charge on any atom is 0.323 e. The second kappa shape index (κ2) is 6.91. The molecule has 1 aromatic rings. The van der Waals surface area contributed by atoms with Crippen molar-refractivity contribution in [3.8, 4) is 5.75 Å². The van der Waals surface area contributed by atoms with Crippen LogP contribution in [0.2, 0.25) is 0 Å². The molecular formula is C16H23NO4. The van der Waals surface area contributed by atoms with E-state index in [1.165, 1.54) is 0 Å². The van der Waals surface area contributed by atoms with Crippen LogP contribution in [0.3, 0.4) is 0 Å². The summed E-state index contributed by atoms with van der Waals surface area (Å²) >= 11 is 0. The van der Waals surface area contributed by atoms with E-state index in [1.54, 1.807) is 0 Å². The van der Waals surface area contributed by atoms with Crippen LogP contribution in [0.1, 0.15) is 32.4 Å². The fourth-order valence-corrected chi connectivity index (χ4v) is 2.58. The number of morpholine rings is 1. The van der Waals surface area contributed by atoms with E-state index < -0.39 is 12.0 Å². The highest BCUT2D eigenvalue weighted by molar-refractivity contribution is 5.73. The molecule has 1 aliphatic heterocycles. The highest BCUT2D eigenvalue weighted by Gasteiger charge is 2.32. The molecule has 21 heavy (non-hydrogen) atoms. The number of hydrogen-bond acceptors (Lipinski definition) is 4. The van der Waals surface area contributed by atoms with E-state index in [9.17, 15) is 9.90 Å². The SMILES string of the molecule is CC(C)Oc1ccc(C(C)N2CCOCC2C(=O)O)cc1. The van der Waals surface area contributed by atoms with Crippen molar-refractivity contribution in [2.45, 2.75) is 39.0 Å². The lowest BCUT2D eigenvalue weighted by Gasteiger charge is -2.37. The molecule has 1 N–H and O–H groups in total. The zero-order valence-electron chi connectivity index (χ0n) is 12.8. The summed E-state index contributed by atoms with van der Waals surface area (Å²) in [5.74, 6) is -0.000904. The first-order valence-corrected chi connectivity index (χ1v) is 7.32. The highest BCUT2D eigenvalue weighted by Crippen LogP contribution is 2.26. The topological polar surface area (TPSA) is 59.0 Å². The average Bonchev–Trinajstić information content (AvgIpc) is 2.46. The third kappa shape index (κ3) is 3.95. The number of aliphatic carboxylic acids is 1. The van der Waals surface area contributed by atoms with Crippen molar-refractivity contribution in [3.63, 3.8) is 0 Å². The Morgan fingerprint density at radius 1 is 1.33 bits per heavy atom. The largest absolute Gasteiger partial charge is 0.491 e. The zero-order valence-corrected chi connectivity index (χ0v) is 12.8. The number of rotatable bonds is 5. The van der Waals surface area contributed by atoms with Crippen molar-refractivity contribution in [1.29, 1.82) is 0 Å². The van der Waals surface area contributed by atoms with Gasteiger partial charge in [0.15, 0.2) is 0 Å². The Morgan fingerprint density at radius 2 is 2.00 bits per heavy atom. The predicted molar refractivity (Wildman–Crippen MR) is 79.6 cm³/mol. The molecule has 116 valence electrons. The van der Waals surface area contributed by atoms with Crippen molar-refractivity contribution in [1.82, 2.24) is 4.90 Å². The minimum Gasteiger partial charge on any atom is -0.491 e. The molecule has 0 spiro atoms. The van der Waals surface area contributed by atoms with Gasteiger partial charge in [0, 0.05) is 12.6 Å². The van der Waals surface area contributed by atoms with Crippen LogP contribution >= 0.6 is 0 Å². The molecule has 5 heteroatoms. The van der Waals surface area contributed by atoms with Gasteiger partial charge in [0.2, 0.25) is 0 Å². The summed E-state index contributed by atoms with van der Waals surface area (Å²) in [6, 6.07) is 7.31. The highest BCUT2D eigenvalue weighted by atomic mass is 16.5. The van der Waals surface area contributed by atoms with Gasteiger partial charge in [-0.05, 0) is 38.5 Å². The molecule has 1 aliphatic rings. The Labute approximate surface area is 125 Å². The average molecular weight is 293 g/mol. The maximum atomic E-state index is 11.3. The molecule has 2 rings (SSSR count). The minimum atomic E-state index is -0.832. The van der Waals surface area contributed by atoms with Gasteiger partial charge in [-0.1, -0.05) is 12.1 Å². The summed E-state index contributed by atoms with van der Waals surface area (Å²) in [5.41, 5.74) is 1.08. The van der Waals surface area contributed by atoms with Crippen LogP contribution < -0.4 is 4.74 Å². The predicted octanol–water partition coefficient (Wildman–Crippen LogP) is 2.32. The lowest BCUT2D eigenvalue weighted by Crippen LogP contribution is -2.50. The van der Waals surface area contributed by atoms with E-state index in [4.69, 9.17) is 9.47 Å². The molecule has 0 amide bonds. The molecule has 5 nitrogen and oxygen atoms in total. The lowest BCUT2D eigenvalue weighted by molar-refractivity contribution is -0.151. The van der Waals surface area contributed by atoms with Gasteiger partial charge in [0.05, 0.1) is 19.3 Å². The second-order valence-corrected chi connectivity index (χ2v) is 5.58. The number of hydrogen-bond donors (Lipinski definition) is 1. The molecule has 1 saturated heterocycles. The number of carboxylic acid groups (broad SMARTS) is 1. The third-order valence-electron chi connectivity index (χ3n) is 3.69. The van der Waals surface area contributed by atoms with Crippen LogP contribution in [-0.4, -0.2) is 47.9 Å². The number of ether oxygens (including phenoxy) is 2. The molecule has 0 aliphatic carbocycles. The van der Waals surface area contributed by atoms with Crippen LogP contribution in [0.4, 0.5) is 0 Å². The maximum absolute atomic E-state index is 11.3. The van der Waals surface area contributed by atoms with Gasteiger partial charge in [-0.2, -0.15) is 0 Å². The Balaban J connectivity index is 2.10. The van der Waals surface area contributed by atoms with Gasteiger partial charge in [-0.25, -0.2) is 0 Å². The van der Waals surface area contributed by atoms with E-state index in [2.05, 4.69) is 0 Å². The molecule has 2 unspecified atom stereocenters. The van der Waals surface area contributed by atoms with Crippen molar-refractivity contribution >= 4 is 5.97 Å². The van der Waals surface area contributed by atoms with E-state index >= 15 is 0 Å². The number of nitrogens with zero attached hydrogens (tertiary/aromatic N) is 1. The Hall–Kier alpha value is -1.59. The molecular weight excluding hydrogens is 270 g/mol. The fourth-order valence-electron chi connectivity index (χ4n) is 2.58. The molecule has 0 radical (unpaired) electrons. The van der Waals surface area contributed by atoms with Gasteiger partial charge in [-0.15, -0.1) is 0 Å². The van der Waals surface area contributed by atoms with Crippen molar-refractivity contribution < 1.29 is 19.4 Å². The van der Waals surface area contributed by atoms with E-state index in [0.717, 1.165) is 11.3 Å². The fraction of sp³-hybridized carbons (Fsp3) is 0.562. The summed E-state index contributed by atoms with van der Waals surface area (Å²) in [6.45, 7) is 7.45. The quantitative estimate of drug-likeness (QED) is 0.903. The number of benzene rings is 1. The number of carbonyl (C=O) groups is 1. The lowest BCUT2D eigenvalue weighted by atomic mass is 10.0. The summed E-state index contributed by atoms with van der Waals surface area (Å²) in [4.78, 5) is 13.3. The van der Waals surface area contributed by atoms with Gasteiger partial charge < -0.3 is 14.6 Å². The van der Waals surface area contributed by atoms with Crippen molar-refractivity contribution in [2.75, 3.05) is 19.8 Å². The molecule has 0 saturated carbocycles. The molecule has 0 bridgehead atoms. The molecule has 2 atom stereocenters. The van der Waals surface area contributed by atoms with Gasteiger partial charge in [-0.3, -0.25) is 9.69 Å². The summed E-state index contributed by atoms with van der Waals surface area (Å²) in [7, 11) is 0. The molecule has 1 aromatic carbocycles. The standard InChI is InChI=1S/C16H23NO4/c1-11(2)21-14-6-4-13(5-7-14)12(3)17-8-9-20-10-15(17)16(18)19/h4-7,11-12,15H,8-10H2,1-3H3,(H,18,19). The molecule has 1 heterocycles. The van der Waals surface area contributed by atoms with Gasteiger partial charge >= 0.3 is 5.97 Å². The van der Waals surface area contributed by atoms with Crippen LogP contribution in [0.5, 0.6) is 5.75 Å². The van der Waals surface area contributed by atoms with Crippen LogP contribution in [0, 0.1) is 0 Å². The summed E-state index contributed by atoms with van der Waals surface area (Å²) in [5, 5.41) is 9.31. The summed E-state index contributed by atoms with van der Waals surface area (Å²) in [6.07, 6.45) is 0.143. The smallest absolute Gasteiger partial charge is 0.323 e. The Kier molecular flexibility index (Phi) is 5.20. The Morgan fingerprint density at radius 3 is 2.57 bits per heavy atom. The first kappa shape index (κ1) is 15.8. The monoisotopic (exact) mass is 293 g/mol. The van der Waals surface area contributed by atoms with Gasteiger partial charge in [0.25, 0.3) is 0 Å².